The third-order valence-electron chi connectivity index (χ3n) is 3.29. The van der Waals surface area contributed by atoms with E-state index in [0.29, 0.717) is 42.5 Å². The van der Waals surface area contributed by atoms with Gasteiger partial charge in [0.05, 0.1) is 6.61 Å². The summed E-state index contributed by atoms with van der Waals surface area (Å²) >= 11 is 16.8. The fourth-order valence-corrected chi connectivity index (χ4v) is 2.25. The molecule has 7 heteroatoms. The molecule has 2 aromatic carbocycles. The van der Waals surface area contributed by atoms with E-state index < -0.39 is 0 Å². The first-order valence-corrected chi connectivity index (χ1v) is 9.08. The maximum atomic E-state index is 11.9. The standard InChI is InChI=1S/C19H18Cl3NO3/c20-15-4-2-14(3-5-15)19(24)23-11-1-12-25-16-6-8-17(9-7-16)26-13-10-18(21)22/h2-10H,1,11-13H2,(H,23,24). The Morgan fingerprint density at radius 1 is 0.962 bits per heavy atom. The van der Waals surface area contributed by atoms with Crippen LogP contribution in [0.2, 0.25) is 5.02 Å². The number of rotatable bonds is 9. The molecule has 0 atom stereocenters. The Kier molecular flexibility index (Phi) is 8.62. The van der Waals surface area contributed by atoms with E-state index in [4.69, 9.17) is 44.3 Å². The highest BCUT2D eigenvalue weighted by molar-refractivity contribution is 6.55. The lowest BCUT2D eigenvalue weighted by atomic mass is 10.2. The van der Waals surface area contributed by atoms with Gasteiger partial charge in [-0.2, -0.15) is 0 Å². The van der Waals surface area contributed by atoms with Gasteiger partial charge in [0.1, 0.15) is 22.6 Å². The van der Waals surface area contributed by atoms with E-state index >= 15 is 0 Å². The summed E-state index contributed by atoms with van der Waals surface area (Å²) in [6.45, 7) is 1.32. The molecule has 0 saturated heterocycles. The van der Waals surface area contributed by atoms with Crippen LogP contribution in [0.1, 0.15) is 16.8 Å². The van der Waals surface area contributed by atoms with Crippen LogP contribution < -0.4 is 14.8 Å². The van der Waals surface area contributed by atoms with Gasteiger partial charge in [0, 0.05) is 17.1 Å². The lowest BCUT2D eigenvalue weighted by Crippen LogP contribution is -2.25. The summed E-state index contributed by atoms with van der Waals surface area (Å²) < 4.78 is 11.2. The number of hydrogen-bond donors (Lipinski definition) is 1. The highest BCUT2D eigenvalue weighted by atomic mass is 35.5. The van der Waals surface area contributed by atoms with Crippen LogP contribution in [0.25, 0.3) is 0 Å². The van der Waals surface area contributed by atoms with Crippen molar-refractivity contribution < 1.29 is 14.3 Å². The monoisotopic (exact) mass is 413 g/mol. The first-order chi connectivity index (χ1) is 12.5. The summed E-state index contributed by atoms with van der Waals surface area (Å²) in [7, 11) is 0. The Morgan fingerprint density at radius 2 is 1.58 bits per heavy atom. The van der Waals surface area contributed by atoms with Crippen molar-refractivity contribution in [1.29, 1.82) is 0 Å². The van der Waals surface area contributed by atoms with E-state index in [1.807, 2.05) is 12.1 Å². The quantitative estimate of drug-likeness (QED) is 0.571. The molecular formula is C19H18Cl3NO3. The number of carbonyl (C=O) groups is 1. The van der Waals surface area contributed by atoms with E-state index in [1.165, 1.54) is 0 Å². The van der Waals surface area contributed by atoms with Crippen LogP contribution in [0.15, 0.2) is 59.1 Å². The summed E-state index contributed by atoms with van der Waals surface area (Å²) in [6, 6.07) is 14.0. The molecule has 0 aliphatic heterocycles. The molecule has 1 N–H and O–H groups in total. The molecule has 2 rings (SSSR count). The summed E-state index contributed by atoms with van der Waals surface area (Å²) in [5.74, 6) is 1.29. The van der Waals surface area contributed by atoms with Crippen LogP contribution >= 0.6 is 34.8 Å². The van der Waals surface area contributed by atoms with Gasteiger partial charge in [-0.1, -0.05) is 34.8 Å². The van der Waals surface area contributed by atoms with Crippen LogP contribution in [0.4, 0.5) is 0 Å². The van der Waals surface area contributed by atoms with Crippen molar-refractivity contribution >= 4 is 40.7 Å². The highest BCUT2D eigenvalue weighted by Gasteiger charge is 2.04. The zero-order chi connectivity index (χ0) is 18.8. The maximum Gasteiger partial charge on any atom is 0.251 e. The Balaban J connectivity index is 1.64. The third-order valence-corrected chi connectivity index (χ3v) is 3.85. The third kappa shape index (κ3) is 7.56. The zero-order valence-corrected chi connectivity index (χ0v) is 16.2. The molecule has 4 nitrogen and oxygen atoms in total. The van der Waals surface area contributed by atoms with Crippen molar-refractivity contribution in [1.82, 2.24) is 5.32 Å². The van der Waals surface area contributed by atoms with Gasteiger partial charge in [0.25, 0.3) is 5.91 Å². The molecule has 0 spiro atoms. The Bertz CT molecular complexity index is 727. The van der Waals surface area contributed by atoms with E-state index in [-0.39, 0.29) is 10.4 Å². The minimum absolute atomic E-state index is 0.130. The van der Waals surface area contributed by atoms with Gasteiger partial charge in [-0.05, 0) is 61.0 Å². The maximum absolute atomic E-state index is 11.9. The summed E-state index contributed by atoms with van der Waals surface area (Å²) in [5, 5.41) is 3.44. The minimum Gasteiger partial charge on any atom is -0.494 e. The predicted octanol–water partition coefficient (Wildman–Crippen LogP) is 5.24. The van der Waals surface area contributed by atoms with Gasteiger partial charge in [-0.25, -0.2) is 0 Å². The normalized spacial score (nSPS) is 10.1. The molecule has 0 aliphatic carbocycles. The molecule has 26 heavy (non-hydrogen) atoms. The fraction of sp³-hybridized carbons (Fsp3) is 0.211. The number of amides is 1. The molecule has 0 unspecified atom stereocenters. The van der Waals surface area contributed by atoms with Gasteiger partial charge in [-0.15, -0.1) is 0 Å². The van der Waals surface area contributed by atoms with Crippen molar-refractivity contribution in [3.63, 3.8) is 0 Å². The van der Waals surface area contributed by atoms with Crippen LogP contribution in [0.3, 0.4) is 0 Å². The fourth-order valence-electron chi connectivity index (χ4n) is 2.00. The molecule has 0 saturated carbocycles. The Labute approximate surface area is 167 Å². The van der Waals surface area contributed by atoms with Gasteiger partial charge in [-0.3, -0.25) is 4.79 Å². The predicted molar refractivity (Wildman–Crippen MR) is 106 cm³/mol. The lowest BCUT2D eigenvalue weighted by molar-refractivity contribution is 0.0951. The minimum atomic E-state index is -0.130. The molecule has 2 aromatic rings. The molecule has 0 aliphatic rings. The largest absolute Gasteiger partial charge is 0.494 e. The number of ether oxygens (including phenoxy) is 2. The van der Waals surface area contributed by atoms with Crippen molar-refractivity contribution in [2.75, 3.05) is 19.8 Å². The van der Waals surface area contributed by atoms with Gasteiger partial charge in [0.15, 0.2) is 0 Å². The molecule has 0 aromatic heterocycles. The first kappa shape index (κ1) is 20.4. The van der Waals surface area contributed by atoms with E-state index in [1.54, 1.807) is 42.5 Å². The smallest absolute Gasteiger partial charge is 0.251 e. The van der Waals surface area contributed by atoms with Gasteiger partial charge >= 0.3 is 0 Å². The Hall–Kier alpha value is -1.88. The summed E-state index contributed by atoms with van der Waals surface area (Å²) in [6.07, 6.45) is 2.25. The molecule has 0 heterocycles. The first-order valence-electron chi connectivity index (χ1n) is 7.95. The number of hydrogen-bond acceptors (Lipinski definition) is 3. The summed E-state index contributed by atoms with van der Waals surface area (Å²) in [4.78, 5) is 11.9. The topological polar surface area (TPSA) is 47.6 Å². The molecule has 138 valence electrons. The second-order valence-corrected chi connectivity index (χ2v) is 6.69. The van der Waals surface area contributed by atoms with E-state index in [0.717, 1.165) is 5.75 Å². The van der Waals surface area contributed by atoms with E-state index in [9.17, 15) is 4.79 Å². The second kappa shape index (κ2) is 11.0. The number of carbonyl (C=O) groups excluding carboxylic acids is 1. The van der Waals surface area contributed by atoms with Crippen LogP contribution in [-0.2, 0) is 0 Å². The van der Waals surface area contributed by atoms with Crippen molar-refractivity contribution in [2.24, 2.45) is 0 Å². The second-order valence-electron chi connectivity index (χ2n) is 5.24. The average Bonchev–Trinajstić information content (AvgIpc) is 2.63. The highest BCUT2D eigenvalue weighted by Crippen LogP contribution is 2.18. The number of nitrogens with one attached hydrogen (secondary N) is 1. The van der Waals surface area contributed by atoms with Crippen molar-refractivity contribution in [3.05, 3.63) is 69.7 Å². The molecular weight excluding hydrogens is 397 g/mol. The van der Waals surface area contributed by atoms with Crippen molar-refractivity contribution in [3.8, 4) is 11.5 Å². The zero-order valence-electron chi connectivity index (χ0n) is 13.9. The van der Waals surface area contributed by atoms with Crippen LogP contribution in [0.5, 0.6) is 11.5 Å². The van der Waals surface area contributed by atoms with E-state index in [2.05, 4.69) is 5.32 Å². The molecule has 0 fully saturated rings. The average molecular weight is 415 g/mol. The lowest BCUT2D eigenvalue weighted by Gasteiger charge is -2.09. The van der Waals surface area contributed by atoms with Crippen LogP contribution in [-0.4, -0.2) is 25.7 Å². The number of halogens is 3. The Morgan fingerprint density at radius 3 is 2.19 bits per heavy atom. The van der Waals surface area contributed by atoms with Crippen molar-refractivity contribution in [2.45, 2.75) is 6.42 Å². The number of benzene rings is 2. The van der Waals surface area contributed by atoms with Gasteiger partial charge < -0.3 is 14.8 Å². The SMILES string of the molecule is O=C(NCCCOc1ccc(OCC=C(Cl)Cl)cc1)c1ccc(Cl)cc1. The molecule has 0 bridgehead atoms. The molecule has 0 radical (unpaired) electrons. The van der Waals surface area contributed by atoms with Crippen LogP contribution in [0, 0.1) is 0 Å². The molecule has 1 amide bonds. The summed E-state index contributed by atoms with van der Waals surface area (Å²) in [5.41, 5.74) is 0.580. The van der Waals surface area contributed by atoms with Gasteiger partial charge in [0.2, 0.25) is 0 Å².